The van der Waals surface area contributed by atoms with Gasteiger partial charge in [-0.1, -0.05) is 6.07 Å². The summed E-state index contributed by atoms with van der Waals surface area (Å²) >= 11 is 2.87. The number of β-amino-alcohol motifs (C(OH)–C–C–N with tert-alkyl or cyclic N) is 1. The number of thiophene rings is 2. The SMILES string of the molecule is Cc1cc(-c2ccccn2)sc1Cc1sc2c(c1C(=O)N1C[C@](C)(O)CO1)c(=O)n(C)c(=O)n2C(C)C. The number of hydroxylamine groups is 2. The summed E-state index contributed by atoms with van der Waals surface area (Å²) in [6.45, 7) is 7.30. The Morgan fingerprint density at radius 3 is 2.62 bits per heavy atom. The lowest BCUT2D eigenvalue weighted by Gasteiger charge is -2.17. The van der Waals surface area contributed by atoms with Gasteiger partial charge in [-0.15, -0.1) is 22.7 Å². The molecule has 194 valence electrons. The van der Waals surface area contributed by atoms with Crippen LogP contribution < -0.4 is 11.2 Å². The number of aryl methyl sites for hydroxylation is 1. The summed E-state index contributed by atoms with van der Waals surface area (Å²) in [4.78, 5) is 53.4. The average Bonchev–Trinajstić information content (AvgIpc) is 3.52. The Hall–Kier alpha value is -3.12. The lowest BCUT2D eigenvalue weighted by atomic mass is 10.1. The maximum atomic E-state index is 13.8. The minimum absolute atomic E-state index is 0.0192. The van der Waals surface area contributed by atoms with E-state index in [9.17, 15) is 19.5 Å². The van der Waals surface area contributed by atoms with Crippen molar-refractivity contribution in [2.75, 3.05) is 13.2 Å². The second-order valence-electron chi connectivity index (χ2n) is 9.91. The van der Waals surface area contributed by atoms with Gasteiger partial charge in [-0.3, -0.25) is 28.5 Å². The molecule has 0 radical (unpaired) electrons. The average molecular weight is 541 g/mol. The molecule has 37 heavy (non-hydrogen) atoms. The van der Waals surface area contributed by atoms with Crippen molar-refractivity contribution in [2.45, 2.75) is 45.8 Å². The zero-order valence-electron chi connectivity index (χ0n) is 21.3. The molecule has 4 aromatic rings. The van der Waals surface area contributed by atoms with Gasteiger partial charge in [0.05, 0.1) is 28.1 Å². The van der Waals surface area contributed by atoms with E-state index in [0.717, 1.165) is 30.6 Å². The van der Waals surface area contributed by atoms with Gasteiger partial charge in [0.1, 0.15) is 17.0 Å². The van der Waals surface area contributed by atoms with Crippen LogP contribution in [0.4, 0.5) is 0 Å². The predicted octanol–water partition coefficient (Wildman–Crippen LogP) is 3.50. The number of carbonyl (C=O) groups is 1. The Bertz CT molecular complexity index is 1630. The molecule has 1 saturated heterocycles. The Morgan fingerprint density at radius 2 is 2.00 bits per heavy atom. The minimum atomic E-state index is -1.19. The normalized spacial score (nSPS) is 17.9. The summed E-state index contributed by atoms with van der Waals surface area (Å²) in [5.41, 5.74) is 0.00460. The highest BCUT2D eigenvalue weighted by atomic mass is 32.1. The van der Waals surface area contributed by atoms with Gasteiger partial charge >= 0.3 is 5.69 Å². The molecule has 1 fully saturated rings. The molecule has 0 aliphatic carbocycles. The number of aromatic nitrogens is 3. The first kappa shape index (κ1) is 25.5. The maximum absolute atomic E-state index is 13.8. The van der Waals surface area contributed by atoms with Crippen LogP contribution in [0.25, 0.3) is 20.8 Å². The van der Waals surface area contributed by atoms with Crippen molar-refractivity contribution in [1.29, 1.82) is 0 Å². The fourth-order valence-electron chi connectivity index (χ4n) is 4.49. The molecule has 0 bridgehead atoms. The van der Waals surface area contributed by atoms with Gasteiger partial charge in [0.25, 0.3) is 11.5 Å². The Morgan fingerprint density at radius 1 is 1.24 bits per heavy atom. The number of carbonyl (C=O) groups excluding carboxylic acids is 1. The first-order chi connectivity index (χ1) is 17.5. The molecular formula is C26H28N4O5S2. The fraction of sp³-hybridized carbons (Fsp3) is 0.385. The van der Waals surface area contributed by atoms with Crippen molar-refractivity contribution >= 4 is 38.8 Å². The van der Waals surface area contributed by atoms with Crippen LogP contribution in [0.15, 0.2) is 40.1 Å². The van der Waals surface area contributed by atoms with Gasteiger partial charge in [-0.25, -0.2) is 9.86 Å². The summed E-state index contributed by atoms with van der Waals surface area (Å²) in [6, 6.07) is 7.60. The van der Waals surface area contributed by atoms with E-state index in [1.807, 2.05) is 39.0 Å². The lowest BCUT2D eigenvalue weighted by Crippen LogP contribution is -2.39. The zero-order valence-corrected chi connectivity index (χ0v) is 22.9. The van der Waals surface area contributed by atoms with Gasteiger partial charge in [0.15, 0.2) is 0 Å². The van der Waals surface area contributed by atoms with Crippen LogP contribution in [0.2, 0.25) is 0 Å². The molecule has 0 spiro atoms. The third-order valence-corrected chi connectivity index (χ3v) is 8.87. The predicted molar refractivity (Wildman–Crippen MR) is 144 cm³/mol. The zero-order chi connectivity index (χ0) is 26.6. The van der Waals surface area contributed by atoms with Gasteiger partial charge in [0, 0.05) is 35.5 Å². The standard InChI is InChI=1S/C26H28N4O5S2/c1-14(2)30-24-21(22(31)28(5)25(30)33)20(23(32)29-12-26(4,34)13-35-29)19(37-24)11-17-15(3)10-18(36-17)16-8-6-7-9-27-16/h6-10,14,34H,11-13H2,1-5H3/t26-/m0/s1. The summed E-state index contributed by atoms with van der Waals surface area (Å²) in [5, 5.41) is 11.7. The molecule has 9 nitrogen and oxygen atoms in total. The second kappa shape index (κ2) is 9.32. The highest BCUT2D eigenvalue weighted by Gasteiger charge is 2.39. The first-order valence-corrected chi connectivity index (χ1v) is 13.6. The van der Waals surface area contributed by atoms with Crippen molar-refractivity contribution in [3.8, 4) is 10.6 Å². The van der Waals surface area contributed by atoms with Crippen molar-refractivity contribution in [3.05, 3.63) is 72.2 Å². The van der Waals surface area contributed by atoms with Crippen LogP contribution in [-0.2, 0) is 18.3 Å². The number of amides is 1. The topological polar surface area (TPSA) is 107 Å². The van der Waals surface area contributed by atoms with Crippen molar-refractivity contribution in [3.63, 3.8) is 0 Å². The monoisotopic (exact) mass is 540 g/mol. The van der Waals surface area contributed by atoms with Gasteiger partial charge < -0.3 is 5.11 Å². The van der Waals surface area contributed by atoms with Crippen LogP contribution in [0, 0.1) is 6.92 Å². The largest absolute Gasteiger partial charge is 0.386 e. The fourth-order valence-corrected chi connectivity index (χ4v) is 7.17. The Labute approximate surface area is 221 Å². The van der Waals surface area contributed by atoms with E-state index in [2.05, 4.69) is 11.1 Å². The van der Waals surface area contributed by atoms with Crippen LogP contribution >= 0.6 is 22.7 Å². The Kier molecular flexibility index (Phi) is 6.43. The molecule has 1 atom stereocenters. The van der Waals surface area contributed by atoms with Crippen LogP contribution in [0.5, 0.6) is 0 Å². The maximum Gasteiger partial charge on any atom is 0.332 e. The molecule has 0 aromatic carbocycles. The molecule has 11 heteroatoms. The van der Waals surface area contributed by atoms with Gasteiger partial charge in [0.2, 0.25) is 0 Å². The molecule has 1 aliphatic rings. The smallest absolute Gasteiger partial charge is 0.332 e. The van der Waals surface area contributed by atoms with E-state index < -0.39 is 22.8 Å². The van der Waals surface area contributed by atoms with E-state index in [-0.39, 0.29) is 30.1 Å². The minimum Gasteiger partial charge on any atom is -0.386 e. The number of hydrogen-bond acceptors (Lipinski definition) is 8. The third-order valence-electron chi connectivity index (χ3n) is 6.42. The van der Waals surface area contributed by atoms with Gasteiger partial charge in [-0.2, -0.15) is 0 Å². The number of pyridine rings is 1. The molecule has 5 heterocycles. The number of hydrogen-bond donors (Lipinski definition) is 1. The van der Waals surface area contributed by atoms with E-state index in [4.69, 9.17) is 4.84 Å². The van der Waals surface area contributed by atoms with Crippen molar-refractivity contribution in [2.24, 2.45) is 7.05 Å². The van der Waals surface area contributed by atoms with Crippen LogP contribution in [0.1, 0.15) is 52.5 Å². The number of rotatable bonds is 5. The Balaban J connectivity index is 1.71. The summed E-state index contributed by atoms with van der Waals surface area (Å²) in [5.74, 6) is -0.496. The quantitative estimate of drug-likeness (QED) is 0.415. The molecule has 1 N–H and O–H groups in total. The molecular weight excluding hydrogens is 512 g/mol. The number of aliphatic hydroxyl groups is 1. The van der Waals surface area contributed by atoms with Crippen LogP contribution in [0.3, 0.4) is 0 Å². The third kappa shape index (κ3) is 4.46. The first-order valence-electron chi connectivity index (χ1n) is 11.9. The molecule has 0 unspecified atom stereocenters. The molecule has 0 saturated carbocycles. The van der Waals surface area contributed by atoms with E-state index in [1.165, 1.54) is 18.4 Å². The molecule has 5 rings (SSSR count). The van der Waals surface area contributed by atoms with Gasteiger partial charge in [-0.05, 0) is 51.5 Å². The van der Waals surface area contributed by atoms with E-state index >= 15 is 0 Å². The summed E-state index contributed by atoms with van der Waals surface area (Å²) < 4.78 is 2.61. The van der Waals surface area contributed by atoms with E-state index in [1.54, 1.807) is 29.0 Å². The number of fused-ring (bicyclic) bond motifs is 1. The lowest BCUT2D eigenvalue weighted by molar-refractivity contribution is -0.0796. The highest BCUT2D eigenvalue weighted by molar-refractivity contribution is 7.19. The second-order valence-corrected chi connectivity index (χ2v) is 12.1. The summed E-state index contributed by atoms with van der Waals surface area (Å²) in [7, 11) is 1.42. The molecule has 1 amide bonds. The molecule has 4 aromatic heterocycles. The summed E-state index contributed by atoms with van der Waals surface area (Å²) in [6.07, 6.45) is 2.15. The number of nitrogens with zero attached hydrogens (tertiary/aromatic N) is 4. The van der Waals surface area contributed by atoms with Crippen molar-refractivity contribution in [1.82, 2.24) is 19.2 Å². The van der Waals surface area contributed by atoms with E-state index in [0.29, 0.717) is 16.1 Å². The molecule has 1 aliphatic heterocycles. The van der Waals surface area contributed by atoms with Crippen LogP contribution in [-0.4, -0.2) is 48.9 Å². The van der Waals surface area contributed by atoms with Crippen molar-refractivity contribution < 1.29 is 14.7 Å². The highest BCUT2D eigenvalue weighted by Crippen LogP contribution is 2.37.